The van der Waals surface area contributed by atoms with Gasteiger partial charge in [-0.25, -0.2) is 4.99 Å². The van der Waals surface area contributed by atoms with Crippen LogP contribution in [0.5, 0.6) is 0 Å². The van der Waals surface area contributed by atoms with E-state index >= 15 is 0 Å². The summed E-state index contributed by atoms with van der Waals surface area (Å²) in [5.74, 6) is 0. The van der Waals surface area contributed by atoms with E-state index in [0.717, 1.165) is 6.54 Å². The summed E-state index contributed by atoms with van der Waals surface area (Å²) in [6.45, 7) is 6.77. The van der Waals surface area contributed by atoms with Crippen molar-refractivity contribution in [3.63, 3.8) is 0 Å². The van der Waals surface area contributed by atoms with Gasteiger partial charge in [0.2, 0.25) is 0 Å². The Morgan fingerprint density at radius 1 is 1.88 bits per heavy atom. The van der Waals surface area contributed by atoms with E-state index in [2.05, 4.69) is 23.4 Å². The molecule has 0 N–H and O–H groups in total. The number of hydrogen-bond donors (Lipinski definition) is 0. The van der Waals surface area contributed by atoms with Crippen LogP contribution in [-0.2, 0) is 0 Å². The molecule has 44 valence electrons. The Bertz CT molecular complexity index is 118. The zero-order valence-electron chi connectivity index (χ0n) is 5.04. The predicted molar refractivity (Wildman–Crippen MR) is 34.9 cm³/mol. The van der Waals surface area contributed by atoms with Gasteiger partial charge >= 0.3 is 0 Å². The summed E-state index contributed by atoms with van der Waals surface area (Å²) in [5.41, 5.74) is 0. The fourth-order valence-corrected chi connectivity index (χ4v) is 0.552. The van der Waals surface area contributed by atoms with Crippen LogP contribution >= 0.6 is 0 Å². The van der Waals surface area contributed by atoms with Gasteiger partial charge in [-0.05, 0) is 6.92 Å². The molecule has 0 aromatic carbocycles. The van der Waals surface area contributed by atoms with Crippen molar-refractivity contribution in [1.29, 1.82) is 0 Å². The molecule has 0 spiro atoms. The summed E-state index contributed by atoms with van der Waals surface area (Å²) >= 11 is 0. The summed E-state index contributed by atoms with van der Waals surface area (Å²) in [6.07, 6.45) is 3.36. The van der Waals surface area contributed by atoms with E-state index in [0.29, 0.717) is 6.04 Å². The quantitative estimate of drug-likeness (QED) is 0.292. The van der Waals surface area contributed by atoms with Crippen LogP contribution in [0.15, 0.2) is 17.8 Å². The van der Waals surface area contributed by atoms with Gasteiger partial charge in [-0.2, -0.15) is 0 Å². The number of aliphatic imine (C=N–C) groups is 1. The van der Waals surface area contributed by atoms with Crippen LogP contribution in [0.4, 0.5) is 0 Å². The van der Waals surface area contributed by atoms with Gasteiger partial charge in [0.05, 0.1) is 6.34 Å². The van der Waals surface area contributed by atoms with Crippen LogP contribution in [0.1, 0.15) is 6.92 Å². The van der Waals surface area contributed by atoms with E-state index in [9.17, 15) is 0 Å². The fourth-order valence-electron chi connectivity index (χ4n) is 0.552. The SMILES string of the molecule is C=CN=CN1CC1C. The van der Waals surface area contributed by atoms with Crippen molar-refractivity contribution in [2.75, 3.05) is 6.54 Å². The summed E-state index contributed by atoms with van der Waals surface area (Å²) in [5, 5.41) is 0. The maximum atomic E-state index is 3.85. The third-order valence-electron chi connectivity index (χ3n) is 1.23. The first kappa shape index (κ1) is 5.35. The van der Waals surface area contributed by atoms with E-state index < -0.39 is 0 Å². The molecule has 0 aliphatic carbocycles. The molecule has 1 heterocycles. The standard InChI is InChI=1S/C6H10N2/c1-3-7-5-8-4-6(8)2/h3,5-6H,1,4H2,2H3. The monoisotopic (exact) mass is 110 g/mol. The molecule has 1 rings (SSSR count). The molecule has 8 heavy (non-hydrogen) atoms. The molecule has 2 heteroatoms. The molecule has 0 bridgehead atoms. The van der Waals surface area contributed by atoms with Crippen molar-refractivity contribution in [3.8, 4) is 0 Å². The van der Waals surface area contributed by atoms with Crippen molar-refractivity contribution in [3.05, 3.63) is 12.8 Å². The van der Waals surface area contributed by atoms with Crippen LogP contribution in [0.2, 0.25) is 0 Å². The van der Waals surface area contributed by atoms with Gasteiger partial charge in [-0.1, -0.05) is 6.58 Å². The Hall–Kier alpha value is -0.790. The average Bonchev–Trinajstić information content (AvgIpc) is 2.42. The summed E-state index contributed by atoms with van der Waals surface area (Å²) in [4.78, 5) is 5.99. The zero-order valence-corrected chi connectivity index (χ0v) is 5.04. The molecule has 0 saturated carbocycles. The molecule has 1 unspecified atom stereocenters. The smallest absolute Gasteiger partial charge is 0.0908 e. The van der Waals surface area contributed by atoms with Crippen LogP contribution in [-0.4, -0.2) is 23.8 Å². The maximum Gasteiger partial charge on any atom is 0.0908 e. The first-order valence-corrected chi connectivity index (χ1v) is 2.74. The highest BCUT2D eigenvalue weighted by Crippen LogP contribution is 2.11. The van der Waals surface area contributed by atoms with Gasteiger partial charge in [-0.3, -0.25) is 0 Å². The largest absolute Gasteiger partial charge is 0.356 e. The first-order chi connectivity index (χ1) is 3.84. The Kier molecular flexibility index (Phi) is 1.33. The molecule has 0 radical (unpaired) electrons. The van der Waals surface area contributed by atoms with Gasteiger partial charge in [0, 0.05) is 18.8 Å². The lowest BCUT2D eigenvalue weighted by molar-refractivity contribution is 0.787. The zero-order chi connectivity index (χ0) is 5.98. The topological polar surface area (TPSA) is 15.4 Å². The minimum Gasteiger partial charge on any atom is -0.356 e. The Morgan fingerprint density at radius 2 is 2.50 bits per heavy atom. The lowest BCUT2D eigenvalue weighted by Gasteiger charge is -1.85. The van der Waals surface area contributed by atoms with Gasteiger partial charge < -0.3 is 4.90 Å². The lowest BCUT2D eigenvalue weighted by atomic mass is 10.6. The van der Waals surface area contributed by atoms with Crippen molar-refractivity contribution in [2.45, 2.75) is 13.0 Å². The van der Waals surface area contributed by atoms with Crippen LogP contribution < -0.4 is 0 Å². The average molecular weight is 110 g/mol. The van der Waals surface area contributed by atoms with Gasteiger partial charge in [-0.15, -0.1) is 0 Å². The molecule has 0 aromatic heterocycles. The Labute approximate surface area is 49.5 Å². The fraction of sp³-hybridized carbons (Fsp3) is 0.500. The van der Waals surface area contributed by atoms with Crippen molar-refractivity contribution >= 4 is 6.34 Å². The van der Waals surface area contributed by atoms with Crippen LogP contribution in [0.3, 0.4) is 0 Å². The molecule has 0 aromatic rings. The molecular weight excluding hydrogens is 100 g/mol. The first-order valence-electron chi connectivity index (χ1n) is 2.74. The molecule has 0 amide bonds. The molecule has 1 aliphatic rings. The molecule has 1 aliphatic heterocycles. The summed E-state index contributed by atoms with van der Waals surface area (Å²) < 4.78 is 0. The normalized spacial score (nSPS) is 26.6. The number of hydrogen-bond acceptors (Lipinski definition) is 1. The molecule has 2 nitrogen and oxygen atoms in total. The highest BCUT2D eigenvalue weighted by molar-refractivity contribution is 5.59. The minimum atomic E-state index is 0.707. The van der Waals surface area contributed by atoms with Crippen molar-refractivity contribution < 1.29 is 0 Å². The minimum absolute atomic E-state index is 0.707. The molecule has 1 saturated heterocycles. The van der Waals surface area contributed by atoms with E-state index in [-0.39, 0.29) is 0 Å². The van der Waals surface area contributed by atoms with E-state index in [1.54, 1.807) is 6.20 Å². The number of nitrogens with zero attached hydrogens (tertiary/aromatic N) is 2. The third kappa shape index (κ3) is 1.09. The lowest BCUT2D eigenvalue weighted by Crippen LogP contribution is -1.92. The summed E-state index contributed by atoms with van der Waals surface area (Å²) in [7, 11) is 0. The third-order valence-corrected chi connectivity index (χ3v) is 1.23. The Balaban J connectivity index is 2.21. The van der Waals surface area contributed by atoms with E-state index in [4.69, 9.17) is 0 Å². The Morgan fingerprint density at radius 3 is 2.88 bits per heavy atom. The van der Waals surface area contributed by atoms with Gasteiger partial charge in [0.15, 0.2) is 0 Å². The van der Waals surface area contributed by atoms with Crippen LogP contribution in [0, 0.1) is 0 Å². The number of rotatable bonds is 2. The van der Waals surface area contributed by atoms with E-state index in [1.807, 2.05) is 6.34 Å². The highest BCUT2D eigenvalue weighted by Gasteiger charge is 2.24. The molecule has 1 atom stereocenters. The second-order valence-corrected chi connectivity index (χ2v) is 1.99. The predicted octanol–water partition coefficient (Wildman–Crippen LogP) is 0.862. The second kappa shape index (κ2) is 1.99. The van der Waals surface area contributed by atoms with Crippen LogP contribution in [0.25, 0.3) is 0 Å². The van der Waals surface area contributed by atoms with Gasteiger partial charge in [0.25, 0.3) is 0 Å². The second-order valence-electron chi connectivity index (χ2n) is 1.99. The molecular formula is C6H10N2. The maximum absolute atomic E-state index is 3.85. The summed E-state index contributed by atoms with van der Waals surface area (Å²) in [6, 6.07) is 0.707. The van der Waals surface area contributed by atoms with Crippen molar-refractivity contribution in [2.24, 2.45) is 4.99 Å². The highest BCUT2D eigenvalue weighted by atomic mass is 15.3. The van der Waals surface area contributed by atoms with E-state index in [1.165, 1.54) is 0 Å². The van der Waals surface area contributed by atoms with Crippen molar-refractivity contribution in [1.82, 2.24) is 4.90 Å². The van der Waals surface area contributed by atoms with Gasteiger partial charge in [0.1, 0.15) is 0 Å². The molecule has 1 fully saturated rings.